The second kappa shape index (κ2) is 6.10. The predicted molar refractivity (Wildman–Crippen MR) is 83.0 cm³/mol. The van der Waals surface area contributed by atoms with E-state index >= 15 is 0 Å². The quantitative estimate of drug-likeness (QED) is 0.731. The van der Waals surface area contributed by atoms with Gasteiger partial charge in [-0.1, -0.05) is 18.3 Å². The molecule has 106 valence electrons. The van der Waals surface area contributed by atoms with Crippen molar-refractivity contribution in [3.8, 4) is 0 Å². The third-order valence-electron chi connectivity index (χ3n) is 2.69. The van der Waals surface area contributed by atoms with Crippen LogP contribution < -0.4 is 16.8 Å². The molecule has 0 saturated carbocycles. The van der Waals surface area contributed by atoms with Crippen molar-refractivity contribution < 1.29 is 9.59 Å². The van der Waals surface area contributed by atoms with Crippen molar-refractivity contribution >= 4 is 34.7 Å². The highest BCUT2D eigenvalue weighted by Gasteiger charge is 2.09. The summed E-state index contributed by atoms with van der Waals surface area (Å²) in [6, 6.07) is 9.45. The summed E-state index contributed by atoms with van der Waals surface area (Å²) >= 11 is 4.81. The molecule has 5 N–H and O–H groups in total. The van der Waals surface area contributed by atoms with Crippen LogP contribution in [0, 0.1) is 0 Å². The van der Waals surface area contributed by atoms with E-state index in [1.807, 2.05) is 0 Å². The summed E-state index contributed by atoms with van der Waals surface area (Å²) in [6.07, 6.45) is 1.43. The fourth-order valence-corrected chi connectivity index (χ4v) is 1.74. The van der Waals surface area contributed by atoms with Gasteiger partial charge in [-0.15, -0.1) is 0 Å². The molecule has 6 nitrogen and oxygen atoms in total. The van der Waals surface area contributed by atoms with Gasteiger partial charge in [0.05, 0.1) is 0 Å². The Morgan fingerprint density at radius 3 is 2.43 bits per heavy atom. The van der Waals surface area contributed by atoms with Crippen LogP contribution in [0.4, 0.5) is 5.69 Å². The Kier molecular flexibility index (Phi) is 4.24. The van der Waals surface area contributed by atoms with Gasteiger partial charge < -0.3 is 16.8 Å². The Morgan fingerprint density at radius 1 is 1.10 bits per heavy atom. The zero-order chi connectivity index (χ0) is 15.4. The van der Waals surface area contributed by atoms with Gasteiger partial charge in [-0.3, -0.25) is 14.6 Å². The number of rotatable bonds is 4. The Hall–Kier alpha value is -2.80. The van der Waals surface area contributed by atoms with Crippen LogP contribution in [0.1, 0.15) is 26.4 Å². The number of nitrogens with two attached hydrogens (primary N) is 2. The van der Waals surface area contributed by atoms with Crippen molar-refractivity contribution in [3.63, 3.8) is 0 Å². The summed E-state index contributed by atoms with van der Waals surface area (Å²) in [4.78, 5) is 27.3. The van der Waals surface area contributed by atoms with Crippen molar-refractivity contribution in [2.75, 3.05) is 5.32 Å². The number of carbonyl (C=O) groups excluding carboxylic acids is 2. The molecular formula is C14H12N4O2S. The number of aromatic nitrogens is 1. The van der Waals surface area contributed by atoms with E-state index in [4.69, 9.17) is 23.7 Å². The molecule has 0 unspecified atom stereocenters. The van der Waals surface area contributed by atoms with Gasteiger partial charge in [0.2, 0.25) is 5.91 Å². The molecule has 2 aromatic rings. The summed E-state index contributed by atoms with van der Waals surface area (Å²) in [5, 5.41) is 2.63. The first-order chi connectivity index (χ1) is 9.97. The van der Waals surface area contributed by atoms with E-state index in [0.717, 1.165) is 0 Å². The second-order valence-corrected chi connectivity index (χ2v) is 4.64. The number of primary amides is 1. The summed E-state index contributed by atoms with van der Waals surface area (Å²) in [6.45, 7) is 0. The van der Waals surface area contributed by atoms with Gasteiger partial charge in [0, 0.05) is 23.0 Å². The van der Waals surface area contributed by atoms with E-state index in [1.54, 1.807) is 24.3 Å². The summed E-state index contributed by atoms with van der Waals surface area (Å²) in [5.41, 5.74) is 12.2. The molecule has 0 atom stereocenters. The van der Waals surface area contributed by atoms with Crippen LogP contribution in [0.2, 0.25) is 0 Å². The SMILES string of the molecule is NC(=O)c1cccc(NC(=O)c2ccc(C(N)=S)cn2)c1. The van der Waals surface area contributed by atoms with Crippen LogP contribution in [0.25, 0.3) is 0 Å². The van der Waals surface area contributed by atoms with Gasteiger partial charge in [-0.05, 0) is 30.3 Å². The Morgan fingerprint density at radius 2 is 1.86 bits per heavy atom. The van der Waals surface area contributed by atoms with Gasteiger partial charge in [-0.2, -0.15) is 0 Å². The number of hydrogen-bond donors (Lipinski definition) is 3. The standard InChI is InChI=1S/C14H12N4O2S/c15-12(19)8-2-1-3-10(6-8)18-14(20)11-5-4-9(7-17-11)13(16)21/h1-7H,(H2,15,19)(H2,16,21)(H,18,20). The molecule has 2 rings (SSSR count). The minimum Gasteiger partial charge on any atom is -0.389 e. The first-order valence-corrected chi connectivity index (χ1v) is 6.35. The smallest absolute Gasteiger partial charge is 0.274 e. The number of hydrogen-bond acceptors (Lipinski definition) is 4. The number of amides is 2. The first-order valence-electron chi connectivity index (χ1n) is 5.94. The lowest BCUT2D eigenvalue weighted by atomic mass is 10.2. The molecule has 1 aromatic heterocycles. The number of carbonyl (C=O) groups is 2. The molecule has 0 saturated heterocycles. The molecule has 0 bridgehead atoms. The number of nitrogens with zero attached hydrogens (tertiary/aromatic N) is 1. The van der Waals surface area contributed by atoms with Crippen LogP contribution in [-0.4, -0.2) is 21.8 Å². The highest BCUT2D eigenvalue weighted by atomic mass is 32.1. The number of anilines is 1. The highest BCUT2D eigenvalue weighted by Crippen LogP contribution is 2.11. The molecule has 0 aliphatic heterocycles. The van der Waals surface area contributed by atoms with Crippen molar-refractivity contribution in [2.45, 2.75) is 0 Å². The molecule has 0 radical (unpaired) electrons. The summed E-state index contributed by atoms with van der Waals surface area (Å²) in [5.74, 6) is -0.976. The molecule has 1 aromatic carbocycles. The lowest BCUT2D eigenvalue weighted by Crippen LogP contribution is -2.16. The monoisotopic (exact) mass is 300 g/mol. The van der Waals surface area contributed by atoms with Crippen molar-refractivity contribution in [3.05, 3.63) is 59.4 Å². The van der Waals surface area contributed by atoms with Gasteiger partial charge in [0.1, 0.15) is 10.7 Å². The average Bonchev–Trinajstić information content (AvgIpc) is 2.47. The number of nitrogens with one attached hydrogen (secondary N) is 1. The summed E-state index contributed by atoms with van der Waals surface area (Å²) in [7, 11) is 0. The fourth-order valence-electron chi connectivity index (χ4n) is 1.62. The molecule has 0 fully saturated rings. The van der Waals surface area contributed by atoms with Crippen LogP contribution in [0.3, 0.4) is 0 Å². The first kappa shape index (κ1) is 14.6. The highest BCUT2D eigenvalue weighted by molar-refractivity contribution is 7.80. The third kappa shape index (κ3) is 3.61. The molecular weight excluding hydrogens is 288 g/mol. The van der Waals surface area contributed by atoms with Crippen LogP contribution in [0.15, 0.2) is 42.6 Å². The van der Waals surface area contributed by atoms with Gasteiger partial charge in [0.15, 0.2) is 0 Å². The van der Waals surface area contributed by atoms with Gasteiger partial charge >= 0.3 is 0 Å². The average molecular weight is 300 g/mol. The fraction of sp³-hybridized carbons (Fsp3) is 0. The maximum absolute atomic E-state index is 12.0. The van der Waals surface area contributed by atoms with E-state index in [2.05, 4.69) is 10.3 Å². The van der Waals surface area contributed by atoms with E-state index in [0.29, 0.717) is 16.8 Å². The van der Waals surface area contributed by atoms with Gasteiger partial charge in [-0.25, -0.2) is 0 Å². The number of benzene rings is 1. The lowest BCUT2D eigenvalue weighted by Gasteiger charge is -2.06. The minimum atomic E-state index is -0.565. The number of pyridine rings is 1. The summed E-state index contributed by atoms with van der Waals surface area (Å²) < 4.78 is 0. The van der Waals surface area contributed by atoms with Crippen molar-refractivity contribution in [2.24, 2.45) is 11.5 Å². The minimum absolute atomic E-state index is 0.208. The molecule has 0 aliphatic rings. The topological polar surface area (TPSA) is 111 Å². The largest absolute Gasteiger partial charge is 0.389 e. The second-order valence-electron chi connectivity index (χ2n) is 4.20. The third-order valence-corrected chi connectivity index (χ3v) is 2.92. The maximum Gasteiger partial charge on any atom is 0.274 e. The molecule has 7 heteroatoms. The van der Waals surface area contributed by atoms with Crippen LogP contribution >= 0.6 is 12.2 Å². The Balaban J connectivity index is 2.16. The van der Waals surface area contributed by atoms with Crippen molar-refractivity contribution in [1.82, 2.24) is 4.98 Å². The van der Waals surface area contributed by atoms with E-state index < -0.39 is 11.8 Å². The lowest BCUT2D eigenvalue weighted by molar-refractivity contribution is 0.0995. The van der Waals surface area contributed by atoms with Crippen LogP contribution in [-0.2, 0) is 0 Å². The zero-order valence-corrected chi connectivity index (χ0v) is 11.7. The predicted octanol–water partition coefficient (Wildman–Crippen LogP) is 1.07. The van der Waals surface area contributed by atoms with Crippen molar-refractivity contribution in [1.29, 1.82) is 0 Å². The Bertz CT molecular complexity index is 713. The zero-order valence-electron chi connectivity index (χ0n) is 10.9. The molecule has 0 aliphatic carbocycles. The molecule has 1 heterocycles. The van der Waals surface area contributed by atoms with E-state index in [1.165, 1.54) is 18.3 Å². The van der Waals surface area contributed by atoms with Crippen LogP contribution in [0.5, 0.6) is 0 Å². The van der Waals surface area contributed by atoms with E-state index in [-0.39, 0.29) is 10.7 Å². The van der Waals surface area contributed by atoms with Gasteiger partial charge in [0.25, 0.3) is 5.91 Å². The number of thiocarbonyl (C=S) groups is 1. The molecule has 0 spiro atoms. The maximum atomic E-state index is 12.0. The Labute approximate surface area is 126 Å². The van der Waals surface area contributed by atoms with E-state index in [9.17, 15) is 9.59 Å². The molecule has 21 heavy (non-hydrogen) atoms. The molecule has 2 amide bonds. The normalized spacial score (nSPS) is 9.90.